The molecule has 0 unspecified atom stereocenters. The number of fused-ring (bicyclic) bond motifs is 1. The summed E-state index contributed by atoms with van der Waals surface area (Å²) in [5, 5.41) is 47.9. The summed E-state index contributed by atoms with van der Waals surface area (Å²) < 4.78 is 8.41. The van der Waals surface area contributed by atoms with Gasteiger partial charge in [-0.15, -0.1) is 0 Å². The topological polar surface area (TPSA) is 131 Å². The quantitative estimate of drug-likeness (QED) is 0.135. The molecule has 10 heteroatoms. The molecule has 7 nitrogen and oxygen atoms in total. The van der Waals surface area contributed by atoms with E-state index in [0.717, 1.165) is 18.2 Å². The number of rotatable bonds is 3. The van der Waals surface area contributed by atoms with Crippen LogP contribution in [0, 0.1) is 0 Å². The van der Waals surface area contributed by atoms with Crippen LogP contribution in [0.2, 0.25) is 0 Å². The first-order valence-corrected chi connectivity index (χ1v) is 13.3. The van der Waals surface area contributed by atoms with Crippen molar-refractivity contribution in [3.05, 3.63) is 101 Å². The van der Waals surface area contributed by atoms with Gasteiger partial charge in [-0.25, -0.2) is 0 Å². The third-order valence-electron chi connectivity index (χ3n) is 5.00. The Morgan fingerprint density at radius 1 is 0.622 bits per heavy atom. The number of hydrogen-bond acceptors (Lipinski definition) is 7. The van der Waals surface area contributed by atoms with Gasteiger partial charge in [-0.1, -0.05) is 0 Å². The minimum absolute atomic E-state index is 0. The third kappa shape index (κ3) is 7.03. The van der Waals surface area contributed by atoms with E-state index in [1.165, 1.54) is 19.3 Å². The number of phenolic OH excluding ortho intramolecular Hbond substituents is 4. The van der Waals surface area contributed by atoms with Crippen LogP contribution in [-0.2, 0) is 0 Å². The van der Waals surface area contributed by atoms with Gasteiger partial charge in [0.1, 0.15) is 34.0 Å². The Hall–Kier alpha value is -3.53. The summed E-state index contributed by atoms with van der Waals surface area (Å²) in [5.74, 6) is -2.66. The Morgan fingerprint density at radius 3 is 1.70 bits per heavy atom. The van der Waals surface area contributed by atoms with E-state index < -0.39 is 43.8 Å². The van der Waals surface area contributed by atoms with Gasteiger partial charge in [0.2, 0.25) is 11.2 Å². The zero-order valence-electron chi connectivity index (χ0n) is 19.0. The van der Waals surface area contributed by atoms with Crippen molar-refractivity contribution in [2.45, 2.75) is 0 Å². The van der Waals surface area contributed by atoms with Crippen molar-refractivity contribution < 1.29 is 54.8 Å². The van der Waals surface area contributed by atoms with Crippen LogP contribution in [0.3, 0.4) is 0 Å². The van der Waals surface area contributed by atoms with Crippen LogP contribution in [0.4, 0.5) is 0 Å². The summed E-state index contributed by atoms with van der Waals surface area (Å²) in [7, 11) is 0. The van der Waals surface area contributed by atoms with E-state index >= 15 is 0 Å². The van der Waals surface area contributed by atoms with Gasteiger partial charge in [-0.3, -0.25) is 4.79 Å². The molecule has 5 N–H and O–H groups in total. The molecule has 0 atom stereocenters. The van der Waals surface area contributed by atoms with Crippen LogP contribution in [0.5, 0.6) is 28.7 Å². The Kier molecular flexibility index (Phi) is 10.5. The monoisotopic (exact) mass is 646 g/mol. The van der Waals surface area contributed by atoms with Crippen molar-refractivity contribution in [1.29, 1.82) is 0 Å². The van der Waals surface area contributed by atoms with Crippen LogP contribution in [0.25, 0.3) is 22.3 Å². The molecule has 4 aromatic carbocycles. The molecule has 0 saturated carbocycles. The average molecular weight is 646 g/mol. The fourth-order valence-corrected chi connectivity index (χ4v) is 6.38. The van der Waals surface area contributed by atoms with E-state index in [1.54, 1.807) is 0 Å². The summed E-state index contributed by atoms with van der Waals surface area (Å²) in [4.78, 5) is 12.2. The van der Waals surface area contributed by atoms with Crippen molar-refractivity contribution in [3.8, 4) is 40.1 Å². The minimum atomic E-state index is -0.916. The molecule has 0 radical (unpaired) electrons. The standard InChI is InChI=1S/C15H10O7.2C6H5.2ClH.Sn/c16-6-1-2-8(9(18)3-6)15-14(21)13(20)12-10(19)4-7(17)5-11(12)22-15;2*1-2-4-6-5-3-1;;;/h1-5,16-19,21H;2*1-5H;2*1H;/q;;;;;+2/p-2. The first kappa shape index (κ1) is 29.7. The number of benzene rings is 4. The molecule has 0 spiro atoms. The molecule has 0 aliphatic carbocycles. The molecule has 188 valence electrons. The van der Waals surface area contributed by atoms with Gasteiger partial charge in [-0.2, -0.15) is 0 Å². The SMILES string of the molecule is O=c1c(O)c(-c2ccc(O)cc2O)oc2cc(O)cc(O)c12.[Cl-].[Cl-].c1cc[c]([Sn+2][c]2ccccc2)cc1. The van der Waals surface area contributed by atoms with Crippen molar-refractivity contribution in [2.75, 3.05) is 0 Å². The van der Waals surface area contributed by atoms with Crippen LogP contribution in [0.15, 0.2) is 100 Å². The van der Waals surface area contributed by atoms with Crippen LogP contribution in [0.1, 0.15) is 0 Å². The van der Waals surface area contributed by atoms with Crippen LogP contribution < -0.4 is 37.4 Å². The Morgan fingerprint density at radius 2 is 1.16 bits per heavy atom. The van der Waals surface area contributed by atoms with Gasteiger partial charge in [0.25, 0.3) is 0 Å². The third-order valence-corrected chi connectivity index (χ3v) is 8.55. The second-order valence-electron chi connectivity index (χ2n) is 7.51. The van der Waals surface area contributed by atoms with Crippen molar-refractivity contribution >= 4 is 39.3 Å². The summed E-state index contributed by atoms with van der Waals surface area (Å²) in [6, 6.07) is 27.1. The van der Waals surface area contributed by atoms with Crippen molar-refractivity contribution in [2.24, 2.45) is 0 Å². The van der Waals surface area contributed by atoms with E-state index in [1.807, 2.05) is 0 Å². The summed E-state index contributed by atoms with van der Waals surface area (Å²) in [5.41, 5.74) is -1.11. The summed E-state index contributed by atoms with van der Waals surface area (Å²) in [6.45, 7) is 0. The van der Waals surface area contributed by atoms with Gasteiger partial charge < -0.3 is 54.8 Å². The summed E-state index contributed by atoms with van der Waals surface area (Å²) >= 11 is -0.517. The van der Waals surface area contributed by atoms with Gasteiger partial charge in [0.15, 0.2) is 5.76 Å². The summed E-state index contributed by atoms with van der Waals surface area (Å²) in [6.07, 6.45) is 0. The van der Waals surface area contributed by atoms with E-state index in [2.05, 4.69) is 60.7 Å². The first-order chi connectivity index (χ1) is 16.8. The fraction of sp³-hybridized carbons (Fsp3) is 0. The molecule has 0 saturated heterocycles. The van der Waals surface area contributed by atoms with Gasteiger partial charge in [0, 0.05) is 18.2 Å². The first-order valence-electron chi connectivity index (χ1n) is 10.4. The van der Waals surface area contributed by atoms with E-state index in [-0.39, 0.29) is 58.6 Å². The number of hydrogen-bond donors (Lipinski definition) is 5. The Balaban J connectivity index is 0.000000277. The van der Waals surface area contributed by atoms with E-state index in [0.29, 0.717) is 0 Å². The molecular weight excluding hydrogens is 626 g/mol. The molecule has 0 bridgehead atoms. The normalized spacial score (nSPS) is 9.73. The molecule has 5 aromatic rings. The van der Waals surface area contributed by atoms with Gasteiger partial charge >= 0.3 is 89.0 Å². The number of phenols is 4. The van der Waals surface area contributed by atoms with Crippen molar-refractivity contribution in [1.82, 2.24) is 0 Å². The zero-order valence-corrected chi connectivity index (χ0v) is 23.3. The maximum atomic E-state index is 12.2. The predicted molar refractivity (Wildman–Crippen MR) is 134 cm³/mol. The van der Waals surface area contributed by atoms with Crippen LogP contribution in [-0.4, -0.2) is 46.7 Å². The second-order valence-corrected chi connectivity index (χ2v) is 11.5. The fourth-order valence-electron chi connectivity index (χ4n) is 3.38. The second kappa shape index (κ2) is 13.1. The molecule has 5 rings (SSSR count). The molecule has 1 heterocycles. The Labute approximate surface area is 234 Å². The van der Waals surface area contributed by atoms with Gasteiger partial charge in [0.05, 0.1) is 5.56 Å². The molecule has 1 aromatic heterocycles. The zero-order chi connectivity index (χ0) is 24.9. The predicted octanol–water partition coefficient (Wildman–Crippen LogP) is -2.66. The average Bonchev–Trinajstić information content (AvgIpc) is 2.83. The van der Waals surface area contributed by atoms with Crippen LogP contribution >= 0.6 is 0 Å². The molecule has 0 fully saturated rings. The van der Waals surface area contributed by atoms with Gasteiger partial charge in [-0.05, 0) is 12.1 Å². The molecule has 0 aliphatic rings. The Bertz CT molecular complexity index is 1500. The molecule has 0 amide bonds. The molecule has 0 aliphatic heterocycles. The molecular formula is C27H20Cl2O7Sn. The maximum absolute atomic E-state index is 12.2. The number of halogens is 2. The number of aromatic hydroxyl groups is 5. The van der Waals surface area contributed by atoms with E-state index in [4.69, 9.17) is 4.42 Å². The molecule has 37 heavy (non-hydrogen) atoms. The van der Waals surface area contributed by atoms with E-state index in [9.17, 15) is 30.3 Å². The van der Waals surface area contributed by atoms with Crippen molar-refractivity contribution in [3.63, 3.8) is 0 Å².